The molecular weight excluding hydrogens is 284 g/mol. The van der Waals surface area contributed by atoms with Crippen LogP contribution in [0.25, 0.3) is 0 Å². The number of anilines is 1. The van der Waals surface area contributed by atoms with Gasteiger partial charge in [0.05, 0.1) is 5.02 Å². The first kappa shape index (κ1) is 16.3. The summed E-state index contributed by atoms with van der Waals surface area (Å²) < 4.78 is 26.1. The second-order valence-electron chi connectivity index (χ2n) is 4.67. The first-order chi connectivity index (χ1) is 8.80. The number of halogens is 1. The van der Waals surface area contributed by atoms with Crippen molar-refractivity contribution in [3.8, 4) is 0 Å². The average Bonchev–Trinajstić information content (AvgIpc) is 2.33. The van der Waals surface area contributed by atoms with Crippen LogP contribution in [0.15, 0.2) is 17.0 Å². The second-order valence-corrected chi connectivity index (χ2v) is 7.09. The number of hydrogen-bond acceptors (Lipinski definition) is 3. The second kappa shape index (κ2) is 6.59. The summed E-state index contributed by atoms with van der Waals surface area (Å²) in [5.41, 5.74) is 6.98. The van der Waals surface area contributed by atoms with Gasteiger partial charge in [-0.3, -0.25) is 0 Å². The van der Waals surface area contributed by atoms with E-state index in [2.05, 4.69) is 6.92 Å². The predicted octanol–water partition coefficient (Wildman–Crippen LogP) is 3.04. The van der Waals surface area contributed by atoms with Crippen molar-refractivity contribution in [2.75, 3.05) is 19.3 Å². The number of nitrogens with zero attached hydrogens (tertiary/aromatic N) is 1. The van der Waals surface area contributed by atoms with Gasteiger partial charge >= 0.3 is 0 Å². The van der Waals surface area contributed by atoms with Crippen LogP contribution in [0.1, 0.15) is 31.7 Å². The molecule has 19 heavy (non-hydrogen) atoms. The minimum absolute atomic E-state index is 0.0799. The third-order valence-corrected chi connectivity index (χ3v) is 5.41. The van der Waals surface area contributed by atoms with Crippen LogP contribution < -0.4 is 5.73 Å². The topological polar surface area (TPSA) is 63.4 Å². The van der Waals surface area contributed by atoms with E-state index >= 15 is 0 Å². The summed E-state index contributed by atoms with van der Waals surface area (Å²) in [6.45, 7) is 4.36. The van der Waals surface area contributed by atoms with E-state index in [0.717, 1.165) is 24.8 Å². The van der Waals surface area contributed by atoms with Gasteiger partial charge in [-0.05, 0) is 31.0 Å². The third kappa shape index (κ3) is 3.84. The molecule has 0 radical (unpaired) electrons. The maximum absolute atomic E-state index is 12.4. The van der Waals surface area contributed by atoms with Gasteiger partial charge in [0.1, 0.15) is 4.90 Å². The van der Waals surface area contributed by atoms with E-state index in [4.69, 9.17) is 17.3 Å². The monoisotopic (exact) mass is 304 g/mol. The molecule has 4 nitrogen and oxygen atoms in total. The zero-order valence-corrected chi connectivity index (χ0v) is 13.2. The van der Waals surface area contributed by atoms with Crippen LogP contribution in [-0.4, -0.2) is 26.3 Å². The Morgan fingerprint density at radius 2 is 1.95 bits per heavy atom. The summed E-state index contributed by atoms with van der Waals surface area (Å²) in [5.74, 6) is 0. The highest BCUT2D eigenvalue weighted by Crippen LogP contribution is 2.28. The predicted molar refractivity (Wildman–Crippen MR) is 79.9 cm³/mol. The normalized spacial score (nSPS) is 12.1. The lowest BCUT2D eigenvalue weighted by molar-refractivity contribution is 0.454. The zero-order chi connectivity index (χ0) is 14.6. The molecule has 1 rings (SSSR count). The van der Waals surface area contributed by atoms with Crippen molar-refractivity contribution in [1.29, 1.82) is 0 Å². The molecule has 0 heterocycles. The van der Waals surface area contributed by atoms with Gasteiger partial charge in [0.2, 0.25) is 10.0 Å². The van der Waals surface area contributed by atoms with Crippen LogP contribution in [-0.2, 0) is 10.0 Å². The van der Waals surface area contributed by atoms with Gasteiger partial charge in [0, 0.05) is 19.3 Å². The number of sulfonamides is 1. The molecule has 0 bridgehead atoms. The quantitative estimate of drug-likeness (QED) is 0.649. The van der Waals surface area contributed by atoms with Crippen LogP contribution in [0.4, 0.5) is 5.69 Å². The van der Waals surface area contributed by atoms with Crippen molar-refractivity contribution in [1.82, 2.24) is 4.31 Å². The van der Waals surface area contributed by atoms with E-state index in [1.165, 1.54) is 10.4 Å². The molecule has 0 atom stereocenters. The molecular formula is C13H21ClN2O2S. The standard InChI is InChI=1S/C13H21ClN2O2S/c1-4-5-6-7-16(3)19(17,18)13-9-12(15)10(2)8-11(13)14/h8-9H,4-7,15H2,1-3H3. The molecule has 1 aromatic carbocycles. The number of hydrogen-bond donors (Lipinski definition) is 1. The van der Waals surface area contributed by atoms with Gasteiger partial charge in [-0.25, -0.2) is 12.7 Å². The van der Waals surface area contributed by atoms with Crippen LogP contribution in [0.5, 0.6) is 0 Å². The molecule has 0 unspecified atom stereocenters. The Morgan fingerprint density at radius 3 is 2.53 bits per heavy atom. The molecule has 0 aliphatic rings. The molecule has 0 saturated carbocycles. The molecule has 0 spiro atoms. The maximum atomic E-state index is 12.4. The summed E-state index contributed by atoms with van der Waals surface area (Å²) >= 11 is 6.03. The van der Waals surface area contributed by atoms with E-state index in [9.17, 15) is 8.42 Å². The van der Waals surface area contributed by atoms with Crippen LogP contribution in [0, 0.1) is 6.92 Å². The number of aryl methyl sites for hydroxylation is 1. The highest BCUT2D eigenvalue weighted by molar-refractivity contribution is 7.89. The van der Waals surface area contributed by atoms with Crippen molar-refractivity contribution in [2.24, 2.45) is 0 Å². The van der Waals surface area contributed by atoms with E-state index in [-0.39, 0.29) is 9.92 Å². The fourth-order valence-corrected chi connectivity index (χ4v) is 3.54. The Morgan fingerprint density at radius 1 is 1.32 bits per heavy atom. The molecule has 6 heteroatoms. The van der Waals surface area contributed by atoms with Gasteiger partial charge in [-0.1, -0.05) is 31.4 Å². The van der Waals surface area contributed by atoms with E-state index in [1.54, 1.807) is 20.0 Å². The van der Waals surface area contributed by atoms with E-state index in [1.807, 2.05) is 0 Å². The fraction of sp³-hybridized carbons (Fsp3) is 0.538. The fourth-order valence-electron chi connectivity index (χ4n) is 1.74. The van der Waals surface area contributed by atoms with Crippen LogP contribution in [0.2, 0.25) is 5.02 Å². The number of benzene rings is 1. The average molecular weight is 305 g/mol. The number of nitrogens with two attached hydrogens (primary N) is 1. The maximum Gasteiger partial charge on any atom is 0.244 e. The van der Waals surface area contributed by atoms with Crippen molar-refractivity contribution in [2.45, 2.75) is 38.0 Å². The van der Waals surface area contributed by atoms with Crippen molar-refractivity contribution < 1.29 is 8.42 Å². The van der Waals surface area contributed by atoms with Crippen molar-refractivity contribution in [3.63, 3.8) is 0 Å². The smallest absolute Gasteiger partial charge is 0.244 e. The Bertz CT molecular complexity index is 544. The molecule has 0 aliphatic heterocycles. The first-order valence-corrected chi connectivity index (χ1v) is 8.14. The lowest BCUT2D eigenvalue weighted by Crippen LogP contribution is -2.28. The minimum Gasteiger partial charge on any atom is -0.398 e. The van der Waals surface area contributed by atoms with E-state index in [0.29, 0.717) is 12.2 Å². The number of unbranched alkanes of at least 4 members (excludes halogenated alkanes) is 2. The summed E-state index contributed by atoms with van der Waals surface area (Å²) in [6, 6.07) is 3.02. The first-order valence-electron chi connectivity index (χ1n) is 6.32. The molecule has 0 saturated heterocycles. The van der Waals surface area contributed by atoms with Crippen LogP contribution >= 0.6 is 11.6 Å². The Hall–Kier alpha value is -0.780. The van der Waals surface area contributed by atoms with Crippen molar-refractivity contribution in [3.05, 3.63) is 22.7 Å². The summed E-state index contributed by atoms with van der Waals surface area (Å²) in [4.78, 5) is 0.0799. The number of nitrogen functional groups attached to an aromatic ring is 1. The SMILES string of the molecule is CCCCCN(C)S(=O)(=O)c1cc(N)c(C)cc1Cl. The van der Waals surface area contributed by atoms with E-state index < -0.39 is 10.0 Å². The molecule has 1 aromatic rings. The molecule has 0 aliphatic carbocycles. The lowest BCUT2D eigenvalue weighted by Gasteiger charge is -2.18. The zero-order valence-electron chi connectivity index (χ0n) is 11.6. The molecule has 0 aromatic heterocycles. The van der Waals surface area contributed by atoms with Gasteiger partial charge < -0.3 is 5.73 Å². The van der Waals surface area contributed by atoms with Gasteiger partial charge in [-0.2, -0.15) is 0 Å². The molecule has 0 amide bonds. The lowest BCUT2D eigenvalue weighted by atomic mass is 10.2. The third-order valence-electron chi connectivity index (χ3n) is 3.09. The molecule has 108 valence electrons. The Kier molecular flexibility index (Phi) is 5.64. The van der Waals surface area contributed by atoms with Gasteiger partial charge in [0.25, 0.3) is 0 Å². The summed E-state index contributed by atoms with van der Waals surface area (Å²) in [6.07, 6.45) is 2.89. The number of rotatable bonds is 6. The minimum atomic E-state index is -3.57. The Labute approximate surface area is 120 Å². The summed E-state index contributed by atoms with van der Waals surface area (Å²) in [7, 11) is -2.00. The molecule has 2 N–H and O–H groups in total. The summed E-state index contributed by atoms with van der Waals surface area (Å²) in [5, 5.41) is 0.217. The molecule has 0 fully saturated rings. The van der Waals surface area contributed by atoms with Gasteiger partial charge in [-0.15, -0.1) is 0 Å². The van der Waals surface area contributed by atoms with Crippen molar-refractivity contribution >= 4 is 27.3 Å². The Balaban J connectivity index is 3.03. The van der Waals surface area contributed by atoms with Gasteiger partial charge in [0.15, 0.2) is 0 Å². The largest absolute Gasteiger partial charge is 0.398 e. The highest BCUT2D eigenvalue weighted by atomic mass is 35.5. The highest BCUT2D eigenvalue weighted by Gasteiger charge is 2.24. The van der Waals surface area contributed by atoms with Crippen LogP contribution in [0.3, 0.4) is 0 Å².